The lowest BCUT2D eigenvalue weighted by atomic mass is 9.61. The van der Waals surface area contributed by atoms with Crippen molar-refractivity contribution in [1.29, 1.82) is 5.16 Å². The summed E-state index contributed by atoms with van der Waals surface area (Å²) in [6.45, 7) is 14.4. The lowest BCUT2D eigenvalue weighted by molar-refractivity contribution is -0.136. The van der Waals surface area contributed by atoms with Crippen molar-refractivity contribution < 1.29 is 9.90 Å². The van der Waals surface area contributed by atoms with Crippen molar-refractivity contribution in [3.05, 3.63) is 0 Å². The van der Waals surface area contributed by atoms with Crippen molar-refractivity contribution >= 4 is 20.1 Å². The molecule has 0 radical (unpaired) electrons. The van der Waals surface area contributed by atoms with Crippen molar-refractivity contribution in [1.82, 2.24) is 0 Å². The van der Waals surface area contributed by atoms with E-state index in [2.05, 4.69) is 41.5 Å². The molecule has 1 saturated carbocycles. The Hall–Kier alpha value is -0.760. The molecule has 0 aromatic heterocycles. The molecule has 1 rings (SSSR count). The second-order valence-corrected chi connectivity index (χ2v) is 8.65. The highest BCUT2D eigenvalue weighted by Crippen LogP contribution is 2.60. The van der Waals surface area contributed by atoms with Gasteiger partial charge in [0.15, 0.2) is 0 Å². The van der Waals surface area contributed by atoms with Crippen molar-refractivity contribution in [2.24, 2.45) is 21.2 Å². The summed E-state index contributed by atoms with van der Waals surface area (Å²) >= 11 is 0. The van der Waals surface area contributed by atoms with Gasteiger partial charge in [-0.15, -0.1) is 0 Å². The molecular weight excluding hydrogens is 283 g/mol. The van der Waals surface area contributed by atoms with Crippen LogP contribution in [-0.2, 0) is 4.79 Å². The molecule has 1 aliphatic rings. The molecule has 0 heterocycles. The minimum Gasteiger partial charge on any atom is -0.480 e. The van der Waals surface area contributed by atoms with Crippen molar-refractivity contribution in [3.63, 3.8) is 0 Å². The first-order valence-electron chi connectivity index (χ1n) is 7.60. The minimum absolute atomic E-state index is 0.0658. The molecule has 0 aliphatic heterocycles. The van der Waals surface area contributed by atoms with Crippen LogP contribution in [0.2, 0.25) is 0 Å². The first-order chi connectivity index (χ1) is 9.47. The normalized spacial score (nSPS) is 26.1. The number of aliphatic carboxylic acids is 1. The zero-order valence-corrected chi connectivity index (χ0v) is 15.1. The summed E-state index contributed by atoms with van der Waals surface area (Å²) in [6.07, 6.45) is 2.28. The van der Waals surface area contributed by atoms with Gasteiger partial charge >= 0.3 is 5.97 Å². The van der Waals surface area contributed by atoms with Crippen LogP contribution in [0.25, 0.3) is 0 Å². The predicted octanol–water partition coefficient (Wildman–Crippen LogP) is 4.85. The first kappa shape index (κ1) is 18.3. The number of carboxylic acids is 1. The molecule has 0 aromatic rings. The van der Waals surface area contributed by atoms with Crippen LogP contribution >= 0.6 is 8.37 Å². The number of carboxylic acid groups (broad SMARTS) is 1. The van der Waals surface area contributed by atoms with E-state index < -0.39 is 11.6 Å². The predicted molar refractivity (Wildman–Crippen MR) is 88.6 cm³/mol. The van der Waals surface area contributed by atoms with E-state index in [0.29, 0.717) is 13.0 Å². The Morgan fingerprint density at radius 1 is 1.33 bits per heavy atom. The number of rotatable bonds is 6. The second-order valence-electron chi connectivity index (χ2n) is 7.76. The van der Waals surface area contributed by atoms with E-state index >= 15 is 0 Å². The maximum absolute atomic E-state index is 10.9. The van der Waals surface area contributed by atoms with Crippen LogP contribution in [0.3, 0.4) is 0 Å². The average Bonchev–Trinajstić information content (AvgIpc) is 2.46. The van der Waals surface area contributed by atoms with Gasteiger partial charge in [-0.3, -0.25) is 14.9 Å². The van der Waals surface area contributed by atoms with Gasteiger partial charge in [-0.2, -0.15) is 0 Å². The number of nitrogens with zero attached hydrogens (tertiary/aromatic N) is 1. The summed E-state index contributed by atoms with van der Waals surface area (Å²) < 4.78 is 0. The average molecular weight is 312 g/mol. The minimum atomic E-state index is -0.872. The maximum Gasteiger partial charge on any atom is 0.316 e. The van der Waals surface area contributed by atoms with Gasteiger partial charge in [-0.05, 0) is 30.1 Å². The van der Waals surface area contributed by atoms with Crippen LogP contribution in [0, 0.1) is 21.4 Å². The van der Waals surface area contributed by atoms with Gasteiger partial charge in [0.25, 0.3) is 0 Å². The molecule has 5 heteroatoms. The van der Waals surface area contributed by atoms with E-state index in [1.54, 1.807) is 0 Å². The van der Waals surface area contributed by atoms with Gasteiger partial charge in [-0.1, -0.05) is 41.5 Å². The van der Waals surface area contributed by atoms with Crippen LogP contribution in [0.5, 0.6) is 0 Å². The second kappa shape index (κ2) is 6.16. The van der Waals surface area contributed by atoms with E-state index in [1.165, 1.54) is 5.71 Å². The highest BCUT2D eigenvalue weighted by Gasteiger charge is 2.56. The lowest BCUT2D eigenvalue weighted by Gasteiger charge is -2.43. The zero-order valence-electron chi connectivity index (χ0n) is 14.2. The zero-order chi connectivity index (χ0) is 16.5. The highest BCUT2D eigenvalue weighted by atomic mass is 31.1. The number of aliphatic imine (C=N–C) groups is 1. The third-order valence-electron chi connectivity index (χ3n) is 5.96. The van der Waals surface area contributed by atoms with Gasteiger partial charge in [0.2, 0.25) is 0 Å². The summed E-state index contributed by atoms with van der Waals surface area (Å²) in [7, 11) is 0.191. The number of nitrogens with one attached hydrogen (secondary N) is 1. The molecule has 0 spiro atoms. The molecule has 1 unspecified atom stereocenters. The number of hydrogen-bond donors (Lipinski definition) is 2. The molecule has 120 valence electrons. The molecular formula is C16H29N2O2P. The monoisotopic (exact) mass is 312 g/mol. The number of hydrogen-bond acceptors (Lipinski definition) is 3. The van der Waals surface area contributed by atoms with Crippen LogP contribution in [0.1, 0.15) is 60.8 Å². The molecule has 1 atom stereocenters. The van der Waals surface area contributed by atoms with Gasteiger partial charge in [0.05, 0.1) is 0 Å². The summed E-state index contributed by atoms with van der Waals surface area (Å²) in [6, 6.07) is 0. The van der Waals surface area contributed by atoms with Gasteiger partial charge in [-0.25, -0.2) is 0 Å². The summed E-state index contributed by atoms with van der Waals surface area (Å²) in [5, 5.41) is 16.2. The van der Waals surface area contributed by atoms with Crippen LogP contribution in [-0.4, -0.2) is 29.0 Å². The topological polar surface area (TPSA) is 73.5 Å². The fourth-order valence-corrected chi connectivity index (χ4v) is 3.48. The highest BCUT2D eigenvalue weighted by molar-refractivity contribution is 7.27. The molecule has 0 amide bonds. The fraction of sp³-hybridized carbons (Fsp3) is 0.875. The SMILES string of the molecule is CC1(C)CC(=NCCCC(P=N)C(=O)O)C(C)(C)C1(C)C. The Morgan fingerprint density at radius 2 is 1.90 bits per heavy atom. The largest absolute Gasteiger partial charge is 0.480 e. The van der Waals surface area contributed by atoms with Crippen molar-refractivity contribution in [3.8, 4) is 0 Å². The summed E-state index contributed by atoms with van der Waals surface area (Å²) in [5.74, 6) is -0.872. The Balaban J connectivity index is 2.70. The maximum atomic E-state index is 10.9. The van der Waals surface area contributed by atoms with Crippen LogP contribution in [0.15, 0.2) is 4.99 Å². The summed E-state index contributed by atoms with van der Waals surface area (Å²) in [5.41, 5.74) is 1.15. The lowest BCUT2D eigenvalue weighted by Crippen LogP contribution is -2.38. The van der Waals surface area contributed by atoms with Crippen molar-refractivity contribution in [2.75, 3.05) is 6.54 Å². The quantitative estimate of drug-likeness (QED) is 0.543. The Bertz CT molecular complexity index is 453. The molecule has 1 fully saturated rings. The third kappa shape index (κ3) is 3.36. The van der Waals surface area contributed by atoms with E-state index in [0.717, 1.165) is 12.8 Å². The Morgan fingerprint density at radius 3 is 2.29 bits per heavy atom. The summed E-state index contributed by atoms with van der Waals surface area (Å²) in [4.78, 5) is 15.7. The molecule has 0 bridgehead atoms. The number of carbonyl (C=O) groups is 1. The Kier molecular flexibility index (Phi) is 5.36. The first-order valence-corrected chi connectivity index (χ1v) is 8.57. The van der Waals surface area contributed by atoms with Crippen LogP contribution in [0.4, 0.5) is 0 Å². The van der Waals surface area contributed by atoms with E-state index in [-0.39, 0.29) is 24.6 Å². The molecule has 0 aromatic carbocycles. The Labute approximate surface area is 130 Å². The van der Waals surface area contributed by atoms with E-state index in [4.69, 9.17) is 15.3 Å². The molecule has 2 N–H and O–H groups in total. The van der Waals surface area contributed by atoms with Gasteiger partial charge < -0.3 is 5.11 Å². The van der Waals surface area contributed by atoms with Gasteiger partial charge in [0, 0.05) is 26.0 Å². The molecule has 0 saturated heterocycles. The molecule has 1 aliphatic carbocycles. The van der Waals surface area contributed by atoms with E-state index in [1.807, 2.05) is 0 Å². The standard InChI is InChI=1S/C16H29N2O2P/c1-14(2)10-12(15(3,4)16(14,5)6)18-9-7-8-11(21-17)13(19)20/h11,17H,7-10H2,1-6H3,(H,19,20). The van der Waals surface area contributed by atoms with Crippen molar-refractivity contribution in [2.45, 2.75) is 66.5 Å². The molecule has 4 nitrogen and oxygen atoms in total. The van der Waals surface area contributed by atoms with Crippen LogP contribution < -0.4 is 0 Å². The smallest absolute Gasteiger partial charge is 0.316 e. The fourth-order valence-electron chi connectivity index (χ4n) is 3.06. The van der Waals surface area contributed by atoms with E-state index in [9.17, 15) is 4.79 Å². The van der Waals surface area contributed by atoms with Gasteiger partial charge in [0.1, 0.15) is 5.66 Å². The molecule has 21 heavy (non-hydrogen) atoms. The third-order valence-corrected chi connectivity index (χ3v) is 6.76.